The number of hydrogen-bond donors (Lipinski definition) is 1. The van der Waals surface area contributed by atoms with Gasteiger partial charge in [0.1, 0.15) is 0 Å². The van der Waals surface area contributed by atoms with Crippen molar-refractivity contribution < 1.29 is 23.1 Å². The Morgan fingerprint density at radius 1 is 1.30 bits per heavy atom. The Bertz CT molecular complexity index is 773. The first-order chi connectivity index (χ1) is 12.8. The molecule has 27 heavy (non-hydrogen) atoms. The van der Waals surface area contributed by atoms with E-state index in [1.165, 1.54) is 24.0 Å². The predicted molar refractivity (Wildman–Crippen MR) is 97.3 cm³/mol. The lowest BCUT2D eigenvalue weighted by Crippen LogP contribution is -2.32. The lowest BCUT2D eigenvalue weighted by molar-refractivity contribution is -0.137. The molecule has 9 heteroatoms. The van der Waals surface area contributed by atoms with Gasteiger partial charge in [0.05, 0.1) is 29.8 Å². The topological polar surface area (TPSA) is 58.4 Å². The van der Waals surface area contributed by atoms with Gasteiger partial charge in [-0.05, 0) is 31.5 Å². The number of halogens is 3. The summed E-state index contributed by atoms with van der Waals surface area (Å²) in [7, 11) is 0. The number of alkyl halides is 3. The maximum absolute atomic E-state index is 12.9. The van der Waals surface area contributed by atoms with Crippen LogP contribution in [-0.2, 0) is 24.1 Å². The molecule has 0 aliphatic heterocycles. The average Bonchev–Trinajstić information content (AvgIpc) is 3.02. The van der Waals surface area contributed by atoms with Crippen LogP contribution in [0.1, 0.15) is 30.7 Å². The molecule has 0 aliphatic carbocycles. The van der Waals surface area contributed by atoms with Crippen molar-refractivity contribution in [1.29, 1.82) is 0 Å². The summed E-state index contributed by atoms with van der Waals surface area (Å²) in [6.45, 7) is 4.83. The first-order valence-electron chi connectivity index (χ1n) is 8.52. The number of aromatic nitrogens is 2. The van der Waals surface area contributed by atoms with Crippen LogP contribution in [0.3, 0.4) is 0 Å². The summed E-state index contributed by atoms with van der Waals surface area (Å²) < 4.78 is 40.4. The van der Waals surface area contributed by atoms with E-state index in [1.54, 1.807) is 15.5 Å². The monoisotopic (exact) mass is 401 g/mol. The SMILES string of the molecule is CCN(CC)C(=O)CSc1ncc(CO)n1Cc1cccc(C(F)(F)F)c1. The van der Waals surface area contributed by atoms with Gasteiger partial charge < -0.3 is 14.6 Å². The predicted octanol–water partition coefficient (Wildman–Crippen LogP) is 3.40. The van der Waals surface area contributed by atoms with E-state index in [1.807, 2.05) is 13.8 Å². The molecule has 1 aromatic carbocycles. The number of nitrogens with zero attached hydrogens (tertiary/aromatic N) is 3. The van der Waals surface area contributed by atoms with Crippen LogP contribution in [0.2, 0.25) is 0 Å². The Hall–Kier alpha value is -2.00. The van der Waals surface area contributed by atoms with E-state index in [0.717, 1.165) is 12.1 Å². The number of benzene rings is 1. The maximum Gasteiger partial charge on any atom is 0.416 e. The van der Waals surface area contributed by atoms with E-state index in [2.05, 4.69) is 4.98 Å². The Kier molecular flexibility index (Phi) is 7.32. The zero-order valence-corrected chi connectivity index (χ0v) is 16.0. The van der Waals surface area contributed by atoms with Crippen molar-refractivity contribution >= 4 is 17.7 Å². The van der Waals surface area contributed by atoms with E-state index >= 15 is 0 Å². The third-order valence-corrected chi connectivity index (χ3v) is 5.07. The first-order valence-corrected chi connectivity index (χ1v) is 9.50. The molecule has 2 rings (SSSR count). The number of aliphatic hydroxyl groups excluding tert-OH is 1. The van der Waals surface area contributed by atoms with Gasteiger partial charge in [0.15, 0.2) is 5.16 Å². The van der Waals surface area contributed by atoms with Gasteiger partial charge in [-0.2, -0.15) is 13.2 Å². The van der Waals surface area contributed by atoms with Gasteiger partial charge in [0.25, 0.3) is 0 Å². The molecule has 0 fully saturated rings. The quantitative estimate of drug-likeness (QED) is 0.689. The summed E-state index contributed by atoms with van der Waals surface area (Å²) >= 11 is 1.21. The molecule has 1 heterocycles. The number of amides is 1. The standard InChI is InChI=1S/C18H22F3N3O2S/c1-3-23(4-2)16(26)12-27-17-22-9-15(11-25)24(17)10-13-6-5-7-14(8-13)18(19,20)21/h5-9,25H,3-4,10-12H2,1-2H3. The second-order valence-corrected chi connectivity index (χ2v) is 6.77. The summed E-state index contributed by atoms with van der Waals surface area (Å²) in [5.74, 6) is 0.135. The average molecular weight is 401 g/mol. The van der Waals surface area contributed by atoms with Crippen LogP contribution in [0.5, 0.6) is 0 Å². The normalized spacial score (nSPS) is 11.6. The molecule has 0 aliphatic rings. The van der Waals surface area contributed by atoms with E-state index in [0.29, 0.717) is 29.5 Å². The third-order valence-electron chi connectivity index (χ3n) is 4.10. The summed E-state index contributed by atoms with van der Waals surface area (Å²) in [5.41, 5.74) is 0.191. The molecule has 0 saturated heterocycles. The smallest absolute Gasteiger partial charge is 0.390 e. The van der Waals surface area contributed by atoms with Crippen LogP contribution in [0.4, 0.5) is 13.2 Å². The molecule has 0 radical (unpaired) electrons. The van der Waals surface area contributed by atoms with Crippen molar-refractivity contribution in [3.8, 4) is 0 Å². The van der Waals surface area contributed by atoms with Gasteiger partial charge >= 0.3 is 6.18 Å². The van der Waals surface area contributed by atoms with Crippen LogP contribution in [0.15, 0.2) is 35.6 Å². The summed E-state index contributed by atoms with van der Waals surface area (Å²) in [5, 5.41) is 9.99. The van der Waals surface area contributed by atoms with Crippen molar-refractivity contribution in [2.75, 3.05) is 18.8 Å². The Labute approximate surface area is 160 Å². The minimum atomic E-state index is -4.42. The molecule has 1 amide bonds. The number of thioether (sulfide) groups is 1. The number of imidazole rings is 1. The summed E-state index contributed by atoms with van der Waals surface area (Å²) in [4.78, 5) is 18.1. The van der Waals surface area contributed by atoms with Crippen LogP contribution in [0, 0.1) is 0 Å². The fourth-order valence-corrected chi connectivity index (χ4v) is 3.53. The highest BCUT2D eigenvalue weighted by Crippen LogP contribution is 2.30. The highest BCUT2D eigenvalue weighted by atomic mass is 32.2. The van der Waals surface area contributed by atoms with Gasteiger partial charge in [-0.1, -0.05) is 23.9 Å². The van der Waals surface area contributed by atoms with E-state index in [-0.39, 0.29) is 24.8 Å². The molecule has 2 aromatic rings. The molecule has 148 valence electrons. The zero-order chi connectivity index (χ0) is 20.0. The molecule has 1 N–H and O–H groups in total. The van der Waals surface area contributed by atoms with Gasteiger partial charge in [-0.3, -0.25) is 4.79 Å². The summed E-state index contributed by atoms with van der Waals surface area (Å²) in [6, 6.07) is 5.04. The van der Waals surface area contributed by atoms with Crippen LogP contribution in [0.25, 0.3) is 0 Å². The van der Waals surface area contributed by atoms with Gasteiger partial charge in [-0.25, -0.2) is 4.98 Å². The van der Waals surface area contributed by atoms with E-state index in [4.69, 9.17) is 0 Å². The highest BCUT2D eigenvalue weighted by molar-refractivity contribution is 7.99. The fourth-order valence-electron chi connectivity index (χ4n) is 2.62. The third kappa shape index (κ3) is 5.49. The molecular formula is C18H22F3N3O2S. The minimum Gasteiger partial charge on any atom is -0.390 e. The van der Waals surface area contributed by atoms with E-state index < -0.39 is 11.7 Å². The summed E-state index contributed by atoms with van der Waals surface area (Å²) in [6.07, 6.45) is -2.95. The fraction of sp³-hybridized carbons (Fsp3) is 0.444. The number of carbonyl (C=O) groups excluding carboxylic acids is 1. The minimum absolute atomic E-state index is 0.0378. The molecular weight excluding hydrogens is 379 g/mol. The Balaban J connectivity index is 2.20. The highest BCUT2D eigenvalue weighted by Gasteiger charge is 2.30. The molecule has 0 unspecified atom stereocenters. The number of rotatable bonds is 8. The van der Waals surface area contributed by atoms with E-state index in [9.17, 15) is 23.1 Å². The van der Waals surface area contributed by atoms with Gasteiger partial charge in [0.2, 0.25) is 5.91 Å². The molecule has 1 aromatic heterocycles. The van der Waals surface area contributed by atoms with Crippen LogP contribution in [-0.4, -0.2) is 44.3 Å². The van der Waals surface area contributed by atoms with Crippen LogP contribution < -0.4 is 0 Å². The maximum atomic E-state index is 12.9. The van der Waals surface area contributed by atoms with Crippen molar-refractivity contribution in [2.45, 2.75) is 38.3 Å². The van der Waals surface area contributed by atoms with Gasteiger partial charge in [0, 0.05) is 19.6 Å². The lowest BCUT2D eigenvalue weighted by Gasteiger charge is -2.18. The zero-order valence-electron chi connectivity index (χ0n) is 15.2. The van der Waals surface area contributed by atoms with Gasteiger partial charge in [-0.15, -0.1) is 0 Å². The molecule has 0 spiro atoms. The number of hydrogen-bond acceptors (Lipinski definition) is 4. The molecule has 0 saturated carbocycles. The second-order valence-electron chi connectivity index (χ2n) is 5.83. The Morgan fingerprint density at radius 2 is 2.00 bits per heavy atom. The lowest BCUT2D eigenvalue weighted by atomic mass is 10.1. The van der Waals surface area contributed by atoms with Crippen molar-refractivity contribution in [1.82, 2.24) is 14.5 Å². The van der Waals surface area contributed by atoms with Crippen molar-refractivity contribution in [2.24, 2.45) is 0 Å². The largest absolute Gasteiger partial charge is 0.416 e. The number of carbonyl (C=O) groups is 1. The van der Waals surface area contributed by atoms with Crippen molar-refractivity contribution in [3.05, 3.63) is 47.3 Å². The Morgan fingerprint density at radius 3 is 2.59 bits per heavy atom. The molecule has 0 atom stereocenters. The van der Waals surface area contributed by atoms with Crippen molar-refractivity contribution in [3.63, 3.8) is 0 Å². The second kappa shape index (κ2) is 9.27. The number of aliphatic hydroxyl groups is 1. The first kappa shape index (κ1) is 21.3. The molecule has 5 nitrogen and oxygen atoms in total. The molecule has 0 bridgehead atoms. The van der Waals surface area contributed by atoms with Crippen LogP contribution >= 0.6 is 11.8 Å².